The molecule has 0 fully saturated rings. The van der Waals surface area contributed by atoms with E-state index in [0.717, 1.165) is 11.1 Å². The Morgan fingerprint density at radius 2 is 1.63 bits per heavy atom. The smallest absolute Gasteiger partial charge is 0.243 e. The van der Waals surface area contributed by atoms with Gasteiger partial charge in [0.1, 0.15) is 11.8 Å². The monoisotopic (exact) mass is 512 g/mol. The fourth-order valence-corrected chi connectivity index (χ4v) is 4.10. The fraction of sp³-hybridized carbons (Fsp3) is 0.286. The Hall–Kier alpha value is -3.02. The molecule has 0 unspecified atom stereocenters. The van der Waals surface area contributed by atoms with Crippen molar-refractivity contribution < 1.29 is 14.3 Å². The van der Waals surface area contributed by atoms with E-state index >= 15 is 0 Å². The number of nitrogens with one attached hydrogen (secondary N) is 1. The van der Waals surface area contributed by atoms with E-state index < -0.39 is 6.04 Å². The summed E-state index contributed by atoms with van der Waals surface area (Å²) in [5.41, 5.74) is 1.85. The van der Waals surface area contributed by atoms with Crippen molar-refractivity contribution in [1.82, 2.24) is 10.2 Å². The zero-order chi connectivity index (χ0) is 25.0. The molecule has 7 heteroatoms. The van der Waals surface area contributed by atoms with Crippen LogP contribution in [0.25, 0.3) is 0 Å². The highest BCUT2D eigenvalue weighted by Crippen LogP contribution is 2.19. The molecular weight excluding hydrogens is 483 g/mol. The van der Waals surface area contributed by atoms with Gasteiger partial charge >= 0.3 is 0 Å². The molecule has 35 heavy (non-hydrogen) atoms. The van der Waals surface area contributed by atoms with Gasteiger partial charge in [-0.15, -0.1) is 0 Å². The summed E-state index contributed by atoms with van der Waals surface area (Å²) in [7, 11) is 0. The molecule has 3 aromatic carbocycles. The van der Waals surface area contributed by atoms with Crippen molar-refractivity contribution in [3.63, 3.8) is 0 Å². The second-order valence-corrected chi connectivity index (χ2v) is 9.03. The van der Waals surface area contributed by atoms with Crippen molar-refractivity contribution in [3.8, 4) is 5.75 Å². The van der Waals surface area contributed by atoms with E-state index in [1.807, 2.05) is 55.5 Å². The van der Waals surface area contributed by atoms with Crippen LogP contribution in [0.1, 0.15) is 30.9 Å². The Labute approximate surface area is 217 Å². The molecule has 0 bridgehead atoms. The predicted octanol–water partition coefficient (Wildman–Crippen LogP) is 5.93. The molecule has 0 aliphatic carbocycles. The third kappa shape index (κ3) is 8.61. The molecule has 0 spiro atoms. The molecule has 2 amide bonds. The first kappa shape index (κ1) is 26.6. The minimum absolute atomic E-state index is 0.114. The first-order valence-electron chi connectivity index (χ1n) is 11.7. The topological polar surface area (TPSA) is 58.6 Å². The summed E-state index contributed by atoms with van der Waals surface area (Å²) in [4.78, 5) is 28.3. The summed E-state index contributed by atoms with van der Waals surface area (Å²) < 4.78 is 5.74. The third-order valence-corrected chi connectivity index (χ3v) is 5.97. The van der Waals surface area contributed by atoms with Crippen LogP contribution in [-0.4, -0.2) is 35.9 Å². The summed E-state index contributed by atoms with van der Waals surface area (Å²) >= 11 is 12.1. The van der Waals surface area contributed by atoms with E-state index in [9.17, 15) is 9.59 Å². The summed E-state index contributed by atoms with van der Waals surface area (Å²) in [5.74, 6) is 0.405. The van der Waals surface area contributed by atoms with Crippen molar-refractivity contribution in [1.29, 1.82) is 0 Å². The van der Waals surface area contributed by atoms with Crippen LogP contribution >= 0.6 is 23.2 Å². The Bertz CT molecular complexity index is 1090. The normalized spacial score (nSPS) is 11.5. The van der Waals surface area contributed by atoms with Crippen LogP contribution in [0.15, 0.2) is 78.9 Å². The standard InChI is InChI=1S/C28H30Cl2N2O3/c1-2-31-28(34)26(19-21-8-4-3-5-9-21)32(20-22-10-6-11-24(30)18-22)27(33)12-7-17-35-25-15-13-23(29)14-16-25/h3-6,8-11,13-16,18,26H,2,7,12,17,19-20H2,1H3,(H,31,34)/t26-/m1/s1. The second-order valence-electron chi connectivity index (χ2n) is 8.16. The van der Waals surface area contributed by atoms with Crippen LogP contribution in [0, 0.1) is 0 Å². The van der Waals surface area contributed by atoms with Crippen molar-refractivity contribution in [3.05, 3.63) is 100 Å². The SMILES string of the molecule is CCNC(=O)[C@@H](Cc1ccccc1)N(Cc1cccc(Cl)c1)C(=O)CCCOc1ccc(Cl)cc1. The molecule has 0 heterocycles. The maximum atomic E-state index is 13.5. The van der Waals surface area contributed by atoms with Crippen molar-refractivity contribution in [2.24, 2.45) is 0 Å². The van der Waals surface area contributed by atoms with E-state index in [4.69, 9.17) is 27.9 Å². The number of nitrogens with zero attached hydrogens (tertiary/aromatic N) is 1. The van der Waals surface area contributed by atoms with Gasteiger partial charge in [0.15, 0.2) is 0 Å². The molecule has 1 atom stereocenters. The second kappa shape index (κ2) is 13.8. The number of carbonyl (C=O) groups is 2. The van der Waals surface area contributed by atoms with E-state index in [1.54, 1.807) is 35.2 Å². The largest absolute Gasteiger partial charge is 0.494 e. The number of halogens is 2. The van der Waals surface area contributed by atoms with Gasteiger partial charge in [-0.3, -0.25) is 9.59 Å². The molecule has 0 saturated carbocycles. The van der Waals surface area contributed by atoms with E-state index in [-0.39, 0.29) is 24.8 Å². The van der Waals surface area contributed by atoms with E-state index in [2.05, 4.69) is 5.32 Å². The van der Waals surface area contributed by atoms with Crippen LogP contribution in [0.5, 0.6) is 5.75 Å². The molecule has 1 N–H and O–H groups in total. The lowest BCUT2D eigenvalue weighted by Crippen LogP contribution is -2.50. The van der Waals surface area contributed by atoms with E-state index in [1.165, 1.54) is 0 Å². The van der Waals surface area contributed by atoms with Gasteiger partial charge in [-0.25, -0.2) is 0 Å². The molecule has 184 valence electrons. The maximum Gasteiger partial charge on any atom is 0.243 e. The lowest BCUT2D eigenvalue weighted by Gasteiger charge is -2.31. The number of rotatable bonds is 12. The van der Waals surface area contributed by atoms with Crippen molar-refractivity contribution >= 4 is 35.0 Å². The maximum absolute atomic E-state index is 13.5. The zero-order valence-corrected chi connectivity index (χ0v) is 21.3. The number of ether oxygens (including phenoxy) is 1. The molecule has 0 aliphatic heterocycles. The number of hydrogen-bond donors (Lipinski definition) is 1. The first-order valence-corrected chi connectivity index (χ1v) is 12.5. The minimum Gasteiger partial charge on any atom is -0.494 e. The molecule has 0 aliphatic rings. The Morgan fingerprint density at radius 1 is 0.914 bits per heavy atom. The van der Waals surface area contributed by atoms with Gasteiger partial charge in [0.05, 0.1) is 6.61 Å². The lowest BCUT2D eigenvalue weighted by molar-refractivity contribution is -0.141. The highest BCUT2D eigenvalue weighted by molar-refractivity contribution is 6.30. The molecule has 0 saturated heterocycles. The number of amides is 2. The van der Waals surface area contributed by atoms with Crippen LogP contribution < -0.4 is 10.1 Å². The Kier molecular flexibility index (Phi) is 10.5. The molecule has 3 rings (SSSR count). The molecule has 0 aromatic heterocycles. The van der Waals surface area contributed by atoms with Crippen LogP contribution in [0.4, 0.5) is 0 Å². The highest BCUT2D eigenvalue weighted by atomic mass is 35.5. The number of hydrogen-bond acceptors (Lipinski definition) is 3. The predicted molar refractivity (Wildman–Crippen MR) is 141 cm³/mol. The van der Waals surface area contributed by atoms with Gasteiger partial charge in [0.2, 0.25) is 11.8 Å². The molecule has 5 nitrogen and oxygen atoms in total. The summed E-state index contributed by atoms with van der Waals surface area (Å²) in [6.45, 7) is 3.02. The highest BCUT2D eigenvalue weighted by Gasteiger charge is 2.29. The fourth-order valence-electron chi connectivity index (χ4n) is 3.77. The van der Waals surface area contributed by atoms with Gasteiger partial charge in [-0.1, -0.05) is 65.7 Å². The van der Waals surface area contributed by atoms with Crippen molar-refractivity contribution in [2.75, 3.05) is 13.2 Å². The van der Waals surface area contributed by atoms with E-state index in [0.29, 0.717) is 41.8 Å². The van der Waals surface area contributed by atoms with Gasteiger partial charge in [-0.05, 0) is 60.9 Å². The molecule has 0 radical (unpaired) electrons. The quantitative estimate of drug-likeness (QED) is 0.306. The molecule has 3 aromatic rings. The van der Waals surface area contributed by atoms with Crippen LogP contribution in [-0.2, 0) is 22.6 Å². The zero-order valence-electron chi connectivity index (χ0n) is 19.8. The average molecular weight is 513 g/mol. The van der Waals surface area contributed by atoms with Crippen LogP contribution in [0.3, 0.4) is 0 Å². The summed E-state index contributed by atoms with van der Waals surface area (Å²) in [6.07, 6.45) is 1.18. The van der Waals surface area contributed by atoms with Gasteiger partial charge in [-0.2, -0.15) is 0 Å². The number of likely N-dealkylation sites (N-methyl/N-ethyl adjacent to an activating group) is 1. The Balaban J connectivity index is 1.76. The Morgan fingerprint density at radius 3 is 2.31 bits per heavy atom. The lowest BCUT2D eigenvalue weighted by atomic mass is 10.0. The number of carbonyl (C=O) groups excluding carboxylic acids is 2. The van der Waals surface area contributed by atoms with Gasteiger partial charge in [0, 0.05) is 36.0 Å². The van der Waals surface area contributed by atoms with Gasteiger partial charge < -0.3 is 15.0 Å². The number of benzene rings is 3. The minimum atomic E-state index is -0.652. The van der Waals surface area contributed by atoms with Crippen molar-refractivity contribution in [2.45, 2.75) is 38.8 Å². The summed E-state index contributed by atoms with van der Waals surface area (Å²) in [5, 5.41) is 4.12. The molecular formula is C28H30Cl2N2O3. The summed E-state index contributed by atoms with van der Waals surface area (Å²) in [6, 6.07) is 23.5. The van der Waals surface area contributed by atoms with Gasteiger partial charge in [0.25, 0.3) is 0 Å². The first-order chi connectivity index (χ1) is 17.0. The average Bonchev–Trinajstić information content (AvgIpc) is 2.86. The van der Waals surface area contributed by atoms with Crippen LogP contribution in [0.2, 0.25) is 10.0 Å². The third-order valence-electron chi connectivity index (χ3n) is 5.48.